The fourth-order valence-corrected chi connectivity index (χ4v) is 5.17. The molecule has 1 unspecified atom stereocenters. The van der Waals surface area contributed by atoms with E-state index in [1.165, 1.54) is 10.5 Å². The van der Waals surface area contributed by atoms with Crippen molar-refractivity contribution >= 4 is 17.5 Å². The molecular formula is C30H33N3O3. The number of imide groups is 1. The van der Waals surface area contributed by atoms with Crippen molar-refractivity contribution in [3.63, 3.8) is 0 Å². The fraction of sp³-hybridized carbons (Fsp3) is 0.333. The lowest BCUT2D eigenvalue weighted by atomic mass is 9.97. The minimum absolute atomic E-state index is 0.208. The van der Waals surface area contributed by atoms with Crippen LogP contribution in [0.5, 0.6) is 5.75 Å². The maximum Gasteiger partial charge on any atom is 0.263 e. The molecular weight excluding hydrogens is 450 g/mol. The van der Waals surface area contributed by atoms with Gasteiger partial charge in [-0.25, -0.2) is 0 Å². The molecule has 3 aromatic rings. The summed E-state index contributed by atoms with van der Waals surface area (Å²) >= 11 is 0. The lowest BCUT2D eigenvalue weighted by molar-refractivity contribution is 0.0642. The van der Waals surface area contributed by atoms with Crippen LogP contribution in [0.4, 0.5) is 5.69 Å². The van der Waals surface area contributed by atoms with E-state index in [9.17, 15) is 9.59 Å². The molecule has 36 heavy (non-hydrogen) atoms. The number of fused-ring (bicyclic) bond motifs is 1. The summed E-state index contributed by atoms with van der Waals surface area (Å²) in [7, 11) is 1.62. The molecule has 2 amide bonds. The van der Waals surface area contributed by atoms with Gasteiger partial charge in [0.15, 0.2) is 0 Å². The van der Waals surface area contributed by atoms with Crippen LogP contribution in [-0.4, -0.2) is 61.4 Å². The van der Waals surface area contributed by atoms with Crippen LogP contribution >= 0.6 is 0 Å². The summed E-state index contributed by atoms with van der Waals surface area (Å²) in [5.74, 6) is 0.848. The highest BCUT2D eigenvalue weighted by atomic mass is 16.5. The molecule has 0 aromatic heterocycles. The topological polar surface area (TPSA) is 53.1 Å². The maximum atomic E-state index is 13.4. The standard InChI is InChI=1S/C30H33N3O3/c1-22(24-7-4-3-5-8-24)15-16-31-17-19-32(20-18-31)27-10-6-9-26-28(27)30(35)33(29(26)34)21-23-11-13-25(36-2)14-12-23/h3-14,22H,15-21H2,1-2H3. The summed E-state index contributed by atoms with van der Waals surface area (Å²) in [6.07, 6.45) is 1.12. The van der Waals surface area contributed by atoms with Crippen LogP contribution in [0.2, 0.25) is 0 Å². The van der Waals surface area contributed by atoms with E-state index in [1.54, 1.807) is 13.2 Å². The first kappa shape index (κ1) is 24.1. The molecule has 0 N–H and O–H groups in total. The van der Waals surface area contributed by atoms with Gasteiger partial charge in [-0.15, -0.1) is 0 Å². The molecule has 0 bridgehead atoms. The first-order valence-corrected chi connectivity index (χ1v) is 12.7. The van der Waals surface area contributed by atoms with Gasteiger partial charge in [-0.3, -0.25) is 19.4 Å². The highest BCUT2D eigenvalue weighted by Crippen LogP contribution is 2.33. The summed E-state index contributed by atoms with van der Waals surface area (Å²) in [4.78, 5) is 32.7. The summed E-state index contributed by atoms with van der Waals surface area (Å²) in [6, 6.07) is 23.8. The van der Waals surface area contributed by atoms with Gasteiger partial charge in [-0.2, -0.15) is 0 Å². The van der Waals surface area contributed by atoms with Crippen molar-refractivity contribution in [3.8, 4) is 5.75 Å². The number of methoxy groups -OCH3 is 1. The number of benzene rings is 3. The van der Waals surface area contributed by atoms with Crippen LogP contribution < -0.4 is 9.64 Å². The monoisotopic (exact) mass is 483 g/mol. The number of hydrogen-bond acceptors (Lipinski definition) is 5. The van der Waals surface area contributed by atoms with Crippen LogP contribution in [0, 0.1) is 0 Å². The molecule has 1 fully saturated rings. The van der Waals surface area contributed by atoms with Crippen LogP contribution in [-0.2, 0) is 6.54 Å². The Bertz CT molecular complexity index is 1220. The molecule has 1 saturated heterocycles. The third-order valence-electron chi connectivity index (χ3n) is 7.44. The van der Waals surface area contributed by atoms with Gasteiger partial charge in [-0.1, -0.05) is 55.5 Å². The lowest BCUT2D eigenvalue weighted by Crippen LogP contribution is -2.47. The highest BCUT2D eigenvalue weighted by molar-refractivity contribution is 6.23. The zero-order chi connectivity index (χ0) is 25.1. The van der Waals surface area contributed by atoms with E-state index < -0.39 is 0 Å². The lowest BCUT2D eigenvalue weighted by Gasteiger charge is -2.37. The SMILES string of the molecule is COc1ccc(CN2C(=O)c3cccc(N4CCN(CCC(C)c5ccccc5)CC4)c3C2=O)cc1. The van der Waals surface area contributed by atoms with E-state index in [4.69, 9.17) is 4.74 Å². The van der Waals surface area contributed by atoms with Crippen LogP contribution in [0.25, 0.3) is 0 Å². The molecule has 2 aliphatic heterocycles. The molecule has 1 atom stereocenters. The molecule has 6 nitrogen and oxygen atoms in total. The number of carbonyl (C=O) groups is 2. The third kappa shape index (κ3) is 4.86. The Balaban J connectivity index is 1.23. The Morgan fingerprint density at radius 1 is 0.833 bits per heavy atom. The summed E-state index contributed by atoms with van der Waals surface area (Å²) in [5, 5.41) is 0. The van der Waals surface area contributed by atoms with Gasteiger partial charge in [0.05, 0.1) is 30.5 Å². The zero-order valence-corrected chi connectivity index (χ0v) is 21.0. The largest absolute Gasteiger partial charge is 0.497 e. The molecule has 0 aliphatic carbocycles. The smallest absolute Gasteiger partial charge is 0.263 e. The molecule has 2 heterocycles. The van der Waals surface area contributed by atoms with E-state index in [0.717, 1.165) is 56.1 Å². The van der Waals surface area contributed by atoms with Crippen molar-refractivity contribution in [2.24, 2.45) is 0 Å². The first-order valence-electron chi connectivity index (χ1n) is 12.7. The Kier molecular flexibility index (Phi) is 7.05. The van der Waals surface area contributed by atoms with Crippen molar-refractivity contribution in [1.82, 2.24) is 9.80 Å². The van der Waals surface area contributed by atoms with E-state index in [0.29, 0.717) is 17.0 Å². The Hall–Kier alpha value is -3.64. The second-order valence-electron chi connectivity index (χ2n) is 9.67. The quantitative estimate of drug-likeness (QED) is 0.431. The fourth-order valence-electron chi connectivity index (χ4n) is 5.17. The van der Waals surface area contributed by atoms with Crippen molar-refractivity contribution < 1.29 is 14.3 Å². The van der Waals surface area contributed by atoms with Crippen molar-refractivity contribution in [2.75, 3.05) is 44.7 Å². The van der Waals surface area contributed by atoms with Gasteiger partial charge >= 0.3 is 0 Å². The number of amides is 2. The number of nitrogens with zero attached hydrogens (tertiary/aromatic N) is 3. The number of piperazine rings is 1. The average molecular weight is 484 g/mol. The number of anilines is 1. The van der Waals surface area contributed by atoms with E-state index in [1.807, 2.05) is 36.4 Å². The van der Waals surface area contributed by atoms with Gasteiger partial charge in [0, 0.05) is 26.2 Å². The summed E-state index contributed by atoms with van der Waals surface area (Å²) in [6.45, 7) is 7.18. The molecule has 6 heteroatoms. The molecule has 0 spiro atoms. The van der Waals surface area contributed by atoms with Crippen LogP contribution in [0.3, 0.4) is 0 Å². The van der Waals surface area contributed by atoms with Gasteiger partial charge in [0.1, 0.15) is 5.75 Å². The van der Waals surface area contributed by atoms with Crippen molar-refractivity contribution in [1.29, 1.82) is 0 Å². The first-order chi connectivity index (χ1) is 17.5. The molecule has 0 saturated carbocycles. The number of carbonyl (C=O) groups excluding carboxylic acids is 2. The minimum Gasteiger partial charge on any atom is -0.497 e. The molecule has 2 aliphatic rings. The Morgan fingerprint density at radius 2 is 1.56 bits per heavy atom. The van der Waals surface area contributed by atoms with E-state index in [-0.39, 0.29) is 18.4 Å². The third-order valence-corrected chi connectivity index (χ3v) is 7.44. The summed E-state index contributed by atoms with van der Waals surface area (Å²) in [5.41, 5.74) is 4.20. The zero-order valence-electron chi connectivity index (χ0n) is 21.0. The second kappa shape index (κ2) is 10.5. The minimum atomic E-state index is -0.221. The predicted molar refractivity (Wildman–Crippen MR) is 142 cm³/mol. The molecule has 0 radical (unpaired) electrons. The average Bonchev–Trinajstić information content (AvgIpc) is 3.18. The van der Waals surface area contributed by atoms with Crippen molar-refractivity contribution in [2.45, 2.75) is 25.8 Å². The number of hydrogen-bond donors (Lipinski definition) is 0. The predicted octanol–water partition coefficient (Wildman–Crippen LogP) is 4.81. The molecule has 186 valence electrons. The van der Waals surface area contributed by atoms with Crippen LogP contribution in [0.15, 0.2) is 72.8 Å². The molecule has 5 rings (SSSR count). The normalized spacial score (nSPS) is 16.8. The Morgan fingerprint density at radius 3 is 2.25 bits per heavy atom. The Labute approximate surface area is 213 Å². The van der Waals surface area contributed by atoms with Gasteiger partial charge in [0.25, 0.3) is 11.8 Å². The number of ether oxygens (including phenoxy) is 1. The van der Waals surface area contributed by atoms with Crippen LogP contribution in [0.1, 0.15) is 51.1 Å². The van der Waals surface area contributed by atoms with Gasteiger partial charge in [-0.05, 0) is 54.3 Å². The number of rotatable bonds is 8. The molecule has 3 aromatic carbocycles. The van der Waals surface area contributed by atoms with Crippen molar-refractivity contribution in [3.05, 3.63) is 95.1 Å². The highest BCUT2D eigenvalue weighted by Gasteiger charge is 2.38. The van der Waals surface area contributed by atoms with E-state index >= 15 is 0 Å². The second-order valence-corrected chi connectivity index (χ2v) is 9.67. The van der Waals surface area contributed by atoms with E-state index in [2.05, 4.69) is 47.1 Å². The van der Waals surface area contributed by atoms with Gasteiger partial charge < -0.3 is 9.64 Å². The maximum absolute atomic E-state index is 13.4. The summed E-state index contributed by atoms with van der Waals surface area (Å²) < 4.78 is 5.21. The van der Waals surface area contributed by atoms with Gasteiger partial charge in [0.2, 0.25) is 0 Å².